The summed E-state index contributed by atoms with van der Waals surface area (Å²) in [6.07, 6.45) is 2.78. The molecule has 0 heterocycles. The van der Waals surface area contributed by atoms with E-state index in [9.17, 15) is 19.7 Å². The molecule has 0 radical (unpaired) electrons. The predicted molar refractivity (Wildman–Crippen MR) is 99.5 cm³/mol. The van der Waals surface area contributed by atoms with Crippen LogP contribution in [0, 0.1) is 17.0 Å². The first-order valence-corrected chi connectivity index (χ1v) is 7.93. The number of anilines is 1. The number of esters is 1. The van der Waals surface area contributed by atoms with Gasteiger partial charge in [0.15, 0.2) is 6.61 Å². The van der Waals surface area contributed by atoms with Gasteiger partial charge in [-0.15, -0.1) is 0 Å². The van der Waals surface area contributed by atoms with Gasteiger partial charge < -0.3 is 14.8 Å². The van der Waals surface area contributed by atoms with Gasteiger partial charge in [-0.3, -0.25) is 14.9 Å². The van der Waals surface area contributed by atoms with Crippen molar-refractivity contribution in [2.45, 2.75) is 6.92 Å². The highest BCUT2D eigenvalue weighted by Gasteiger charge is 2.17. The van der Waals surface area contributed by atoms with Gasteiger partial charge in [-0.1, -0.05) is 29.8 Å². The van der Waals surface area contributed by atoms with E-state index in [1.165, 1.54) is 31.4 Å². The fraction of sp³-hybridized carbons (Fsp3) is 0.158. The number of nitro groups is 1. The molecule has 0 fully saturated rings. The fourth-order valence-corrected chi connectivity index (χ4v) is 2.20. The lowest BCUT2D eigenvalue weighted by Gasteiger charge is -2.07. The van der Waals surface area contributed by atoms with Gasteiger partial charge in [-0.05, 0) is 30.7 Å². The molecule has 0 aliphatic rings. The molecule has 0 aliphatic carbocycles. The Morgan fingerprint density at radius 2 is 2.00 bits per heavy atom. The molecule has 27 heavy (non-hydrogen) atoms. The maximum Gasteiger partial charge on any atom is 0.331 e. The van der Waals surface area contributed by atoms with Crippen LogP contribution in [-0.2, 0) is 14.3 Å². The third kappa shape index (κ3) is 5.96. The van der Waals surface area contributed by atoms with Crippen molar-refractivity contribution >= 4 is 29.3 Å². The average molecular weight is 370 g/mol. The highest BCUT2D eigenvalue weighted by Crippen LogP contribution is 2.28. The van der Waals surface area contributed by atoms with Crippen molar-refractivity contribution in [3.05, 3.63) is 69.8 Å². The predicted octanol–water partition coefficient (Wildman–Crippen LogP) is 3.11. The van der Waals surface area contributed by atoms with E-state index in [0.29, 0.717) is 0 Å². The van der Waals surface area contributed by atoms with Crippen molar-refractivity contribution < 1.29 is 24.0 Å². The summed E-state index contributed by atoms with van der Waals surface area (Å²) in [5.74, 6) is -1.11. The van der Waals surface area contributed by atoms with Gasteiger partial charge in [0.2, 0.25) is 0 Å². The molecule has 140 valence electrons. The van der Waals surface area contributed by atoms with Crippen LogP contribution in [0.25, 0.3) is 6.08 Å². The van der Waals surface area contributed by atoms with Gasteiger partial charge in [0.25, 0.3) is 11.6 Å². The Bertz CT molecular complexity index is 892. The Hall–Kier alpha value is -3.68. The van der Waals surface area contributed by atoms with Crippen LogP contribution in [0.4, 0.5) is 11.4 Å². The molecule has 8 heteroatoms. The number of ether oxygens (including phenoxy) is 2. The van der Waals surface area contributed by atoms with Crippen molar-refractivity contribution in [2.24, 2.45) is 0 Å². The summed E-state index contributed by atoms with van der Waals surface area (Å²) in [6.45, 7) is 1.36. The monoisotopic (exact) mass is 370 g/mol. The van der Waals surface area contributed by atoms with Crippen LogP contribution in [0.3, 0.4) is 0 Å². The number of aryl methyl sites for hydroxylation is 1. The Morgan fingerprint density at radius 3 is 2.67 bits per heavy atom. The number of nitro benzene ring substituents is 1. The van der Waals surface area contributed by atoms with Crippen LogP contribution in [0.2, 0.25) is 0 Å². The third-order valence-electron chi connectivity index (χ3n) is 3.48. The molecule has 0 aromatic heterocycles. The van der Waals surface area contributed by atoms with Crippen LogP contribution < -0.4 is 10.1 Å². The van der Waals surface area contributed by atoms with E-state index in [2.05, 4.69) is 5.32 Å². The molecule has 0 saturated heterocycles. The molecule has 0 aliphatic heterocycles. The van der Waals surface area contributed by atoms with Gasteiger partial charge in [0, 0.05) is 6.08 Å². The summed E-state index contributed by atoms with van der Waals surface area (Å²) >= 11 is 0. The van der Waals surface area contributed by atoms with E-state index in [1.807, 2.05) is 31.2 Å². The first-order valence-electron chi connectivity index (χ1n) is 7.93. The highest BCUT2D eigenvalue weighted by atomic mass is 16.6. The SMILES string of the molecule is COc1ccc(NC(=O)COC(=O)/C=C/c2cccc(C)c2)c([N+](=O)[O-])c1. The van der Waals surface area contributed by atoms with E-state index in [-0.39, 0.29) is 17.1 Å². The Morgan fingerprint density at radius 1 is 1.22 bits per heavy atom. The molecule has 2 aromatic rings. The van der Waals surface area contributed by atoms with E-state index < -0.39 is 23.4 Å². The van der Waals surface area contributed by atoms with Gasteiger partial charge >= 0.3 is 5.97 Å². The zero-order valence-corrected chi connectivity index (χ0v) is 14.8. The van der Waals surface area contributed by atoms with Gasteiger partial charge in [0.05, 0.1) is 18.1 Å². The van der Waals surface area contributed by atoms with Gasteiger partial charge in [-0.25, -0.2) is 4.79 Å². The Balaban J connectivity index is 1.92. The molecule has 0 saturated carbocycles. The number of hydrogen-bond donors (Lipinski definition) is 1. The first kappa shape index (κ1) is 19.6. The molecule has 0 spiro atoms. The van der Waals surface area contributed by atoms with Crippen molar-refractivity contribution in [3.63, 3.8) is 0 Å². The maximum absolute atomic E-state index is 11.9. The van der Waals surface area contributed by atoms with Crippen LogP contribution in [0.5, 0.6) is 5.75 Å². The number of methoxy groups -OCH3 is 1. The minimum atomic E-state index is -0.698. The van der Waals surface area contributed by atoms with Crippen molar-refractivity contribution in [1.82, 2.24) is 0 Å². The molecule has 0 atom stereocenters. The Labute approximate surface area is 155 Å². The summed E-state index contributed by atoms with van der Waals surface area (Å²) in [5, 5.41) is 13.4. The van der Waals surface area contributed by atoms with Crippen LogP contribution in [-0.4, -0.2) is 30.5 Å². The molecule has 0 unspecified atom stereocenters. The standard InChI is InChI=1S/C19H18N2O6/c1-13-4-3-5-14(10-13)6-9-19(23)27-12-18(22)20-16-8-7-15(26-2)11-17(16)21(24)25/h3-11H,12H2,1-2H3,(H,20,22)/b9-6+. The first-order chi connectivity index (χ1) is 12.9. The largest absolute Gasteiger partial charge is 0.496 e. The van der Waals surface area contributed by atoms with Gasteiger partial charge in [-0.2, -0.15) is 0 Å². The molecule has 8 nitrogen and oxygen atoms in total. The second kappa shape index (κ2) is 9.14. The number of amides is 1. The quantitative estimate of drug-likeness (QED) is 0.347. The van der Waals surface area contributed by atoms with Crippen LogP contribution in [0.15, 0.2) is 48.5 Å². The van der Waals surface area contributed by atoms with Crippen molar-refractivity contribution in [1.29, 1.82) is 0 Å². The second-order valence-corrected chi connectivity index (χ2v) is 5.54. The number of nitrogens with zero attached hydrogens (tertiary/aromatic N) is 1. The molecule has 0 bridgehead atoms. The molecular formula is C19H18N2O6. The normalized spacial score (nSPS) is 10.4. The number of nitrogens with one attached hydrogen (secondary N) is 1. The second-order valence-electron chi connectivity index (χ2n) is 5.54. The molecule has 1 N–H and O–H groups in total. The van der Waals surface area contributed by atoms with E-state index in [0.717, 1.165) is 11.1 Å². The summed E-state index contributed by atoms with van der Waals surface area (Å²) in [5.41, 5.74) is 1.53. The zero-order valence-electron chi connectivity index (χ0n) is 14.8. The molecular weight excluding hydrogens is 352 g/mol. The van der Waals surface area contributed by atoms with Crippen molar-refractivity contribution in [3.8, 4) is 5.75 Å². The summed E-state index contributed by atoms with van der Waals surface area (Å²) in [7, 11) is 1.38. The fourth-order valence-electron chi connectivity index (χ4n) is 2.20. The van der Waals surface area contributed by atoms with E-state index in [1.54, 1.807) is 6.08 Å². The highest BCUT2D eigenvalue weighted by molar-refractivity contribution is 5.96. The lowest BCUT2D eigenvalue weighted by atomic mass is 10.1. The van der Waals surface area contributed by atoms with Crippen LogP contribution >= 0.6 is 0 Å². The molecule has 2 rings (SSSR count). The van der Waals surface area contributed by atoms with E-state index in [4.69, 9.17) is 9.47 Å². The van der Waals surface area contributed by atoms with E-state index >= 15 is 0 Å². The number of benzene rings is 2. The van der Waals surface area contributed by atoms with Crippen molar-refractivity contribution in [2.75, 3.05) is 19.0 Å². The lowest BCUT2D eigenvalue weighted by Crippen LogP contribution is -2.20. The third-order valence-corrected chi connectivity index (χ3v) is 3.48. The minimum Gasteiger partial charge on any atom is -0.496 e. The number of rotatable bonds is 7. The number of hydrogen-bond acceptors (Lipinski definition) is 6. The maximum atomic E-state index is 11.9. The summed E-state index contributed by atoms with van der Waals surface area (Å²) in [4.78, 5) is 34.0. The smallest absolute Gasteiger partial charge is 0.331 e. The minimum absolute atomic E-state index is 0.0165. The molecule has 2 aromatic carbocycles. The lowest BCUT2D eigenvalue weighted by molar-refractivity contribution is -0.384. The van der Waals surface area contributed by atoms with Crippen LogP contribution in [0.1, 0.15) is 11.1 Å². The summed E-state index contributed by atoms with van der Waals surface area (Å²) < 4.78 is 9.76. The topological polar surface area (TPSA) is 108 Å². The summed E-state index contributed by atoms with van der Waals surface area (Å²) in [6, 6.07) is 11.5. The average Bonchev–Trinajstić information content (AvgIpc) is 2.65. The Kier molecular flexibility index (Phi) is 6.65. The molecule has 1 amide bonds. The number of carbonyl (C=O) groups excluding carboxylic acids is 2. The number of carbonyl (C=O) groups is 2. The zero-order chi connectivity index (χ0) is 19.8. The van der Waals surface area contributed by atoms with Gasteiger partial charge in [0.1, 0.15) is 11.4 Å².